The van der Waals surface area contributed by atoms with Crippen LogP contribution >= 0.6 is 0 Å². The molecule has 24 heavy (non-hydrogen) atoms. The van der Waals surface area contributed by atoms with Gasteiger partial charge in [0.15, 0.2) is 0 Å². The van der Waals surface area contributed by atoms with Crippen LogP contribution in [-0.2, 0) is 14.8 Å². The lowest BCUT2D eigenvalue weighted by atomic mass is 10.2. The molecule has 3 rings (SSSR count). The fourth-order valence-electron chi connectivity index (χ4n) is 3.00. The number of hydrogen-bond donors (Lipinski definition) is 0. The maximum atomic E-state index is 12.6. The molecule has 0 radical (unpaired) electrons. The van der Waals surface area contributed by atoms with Gasteiger partial charge in [0.1, 0.15) is 0 Å². The molecule has 0 spiro atoms. The summed E-state index contributed by atoms with van der Waals surface area (Å²) in [5, 5.41) is 10.7. The monoisotopic (exact) mass is 351 g/mol. The molecule has 0 N–H and O–H groups in total. The Bertz CT molecular complexity index is 780. The number of carbonyl (C=O) groups is 1. The van der Waals surface area contributed by atoms with Crippen LogP contribution in [0.1, 0.15) is 12.8 Å². The Kier molecular flexibility index (Phi) is 4.37. The number of non-ortho nitro benzene ring substituents is 1. The highest BCUT2D eigenvalue weighted by molar-refractivity contribution is 7.89. The summed E-state index contributed by atoms with van der Waals surface area (Å²) >= 11 is 0. The first-order valence-electron chi connectivity index (χ1n) is 7.58. The molecule has 1 aliphatic carbocycles. The van der Waals surface area contributed by atoms with E-state index in [2.05, 4.69) is 0 Å². The van der Waals surface area contributed by atoms with Crippen LogP contribution in [0, 0.1) is 10.1 Å². The molecular weight excluding hydrogens is 334 g/mol. The van der Waals surface area contributed by atoms with Crippen LogP contribution in [0.3, 0.4) is 0 Å². The van der Waals surface area contributed by atoms with E-state index >= 15 is 0 Å². The predicted molar refractivity (Wildman–Crippen MR) is 85.7 cm³/mol. The molecule has 0 atom stereocenters. The molecule has 1 heterocycles. The number of amides is 1. The molecule has 0 unspecified atom stereocenters. The summed E-state index contributed by atoms with van der Waals surface area (Å²) in [6.45, 7) is 0.384. The number of nitrogens with zero attached hydrogens (tertiary/aromatic N) is 3. The number of benzene rings is 1. The average Bonchev–Trinajstić information content (AvgIpc) is 3.09. The second-order valence-electron chi connectivity index (χ2n) is 5.77. The van der Waals surface area contributed by atoms with Gasteiger partial charge in [0.2, 0.25) is 15.9 Å². The lowest BCUT2D eigenvalue weighted by Gasteiger charge is -2.37. The molecule has 0 saturated carbocycles. The van der Waals surface area contributed by atoms with Crippen LogP contribution in [0.25, 0.3) is 0 Å². The highest BCUT2D eigenvalue weighted by atomic mass is 32.2. The number of hydrogen-bond acceptors (Lipinski definition) is 5. The van der Waals surface area contributed by atoms with Gasteiger partial charge in [-0.15, -0.1) is 0 Å². The zero-order valence-corrected chi connectivity index (χ0v) is 13.7. The van der Waals surface area contributed by atoms with E-state index in [9.17, 15) is 23.3 Å². The third-order valence-corrected chi connectivity index (χ3v) is 6.19. The number of carbonyl (C=O) groups excluding carboxylic acids is 1. The molecule has 9 heteroatoms. The molecule has 1 amide bonds. The van der Waals surface area contributed by atoms with Crippen molar-refractivity contribution in [2.45, 2.75) is 23.8 Å². The van der Waals surface area contributed by atoms with Crippen molar-refractivity contribution in [3.8, 4) is 0 Å². The number of rotatable bonds is 4. The number of sulfonamides is 1. The zero-order valence-electron chi connectivity index (χ0n) is 12.9. The van der Waals surface area contributed by atoms with Gasteiger partial charge in [-0.3, -0.25) is 14.9 Å². The van der Waals surface area contributed by atoms with E-state index in [0.29, 0.717) is 6.54 Å². The quantitative estimate of drug-likeness (QED) is 0.460. The number of nitro benzene ring substituents is 1. The molecule has 1 fully saturated rings. The summed E-state index contributed by atoms with van der Waals surface area (Å²) in [6, 6.07) is 4.82. The van der Waals surface area contributed by atoms with E-state index in [-0.39, 0.29) is 35.6 Å². The first-order valence-corrected chi connectivity index (χ1v) is 9.02. The fraction of sp³-hybridized carbons (Fsp3) is 0.400. The van der Waals surface area contributed by atoms with Gasteiger partial charge < -0.3 is 4.90 Å². The summed E-state index contributed by atoms with van der Waals surface area (Å²) in [6.07, 6.45) is 5.66. The highest BCUT2D eigenvalue weighted by Crippen LogP contribution is 2.24. The SMILES string of the molecule is O=C1CN(S(=O)(=O)c2ccc([N+](=O)[O-])cc2)CCN1C1CC=CC1. The first kappa shape index (κ1) is 16.6. The van der Waals surface area contributed by atoms with Crippen LogP contribution in [0.2, 0.25) is 0 Å². The second-order valence-corrected chi connectivity index (χ2v) is 7.71. The van der Waals surface area contributed by atoms with Crippen molar-refractivity contribution in [2.75, 3.05) is 19.6 Å². The number of piperazine rings is 1. The van der Waals surface area contributed by atoms with Gasteiger partial charge in [-0.25, -0.2) is 8.42 Å². The van der Waals surface area contributed by atoms with Gasteiger partial charge in [0, 0.05) is 31.3 Å². The first-order chi connectivity index (χ1) is 11.4. The summed E-state index contributed by atoms with van der Waals surface area (Å²) < 4.78 is 26.4. The van der Waals surface area contributed by atoms with E-state index < -0.39 is 14.9 Å². The van der Waals surface area contributed by atoms with E-state index in [1.165, 1.54) is 12.1 Å². The maximum Gasteiger partial charge on any atom is 0.269 e. The minimum atomic E-state index is -3.84. The lowest BCUT2D eigenvalue weighted by Crippen LogP contribution is -2.54. The average molecular weight is 351 g/mol. The smallest absolute Gasteiger partial charge is 0.269 e. The third kappa shape index (κ3) is 3.04. The maximum absolute atomic E-state index is 12.6. The van der Waals surface area contributed by atoms with Crippen molar-refractivity contribution in [1.82, 2.24) is 9.21 Å². The molecule has 8 nitrogen and oxygen atoms in total. The largest absolute Gasteiger partial charge is 0.337 e. The Morgan fingerprint density at radius 2 is 1.71 bits per heavy atom. The Hall–Kier alpha value is -2.26. The topological polar surface area (TPSA) is 101 Å². The van der Waals surface area contributed by atoms with Crippen LogP contribution in [0.4, 0.5) is 5.69 Å². The molecular formula is C15H17N3O5S. The molecule has 1 saturated heterocycles. The van der Waals surface area contributed by atoms with Crippen molar-refractivity contribution >= 4 is 21.6 Å². The van der Waals surface area contributed by atoms with Crippen LogP contribution in [0.15, 0.2) is 41.3 Å². The molecule has 1 aliphatic heterocycles. The van der Waals surface area contributed by atoms with E-state index in [4.69, 9.17) is 0 Å². The van der Waals surface area contributed by atoms with E-state index in [1.54, 1.807) is 4.90 Å². The summed E-state index contributed by atoms with van der Waals surface area (Å²) in [5.41, 5.74) is -0.177. The minimum absolute atomic E-state index is 0.0446. The van der Waals surface area contributed by atoms with Crippen molar-refractivity contribution in [3.63, 3.8) is 0 Å². The van der Waals surface area contributed by atoms with E-state index in [1.807, 2.05) is 12.2 Å². The summed E-state index contributed by atoms with van der Waals surface area (Å²) in [5.74, 6) is -0.208. The van der Waals surface area contributed by atoms with Crippen molar-refractivity contribution < 1.29 is 18.1 Å². The summed E-state index contributed by atoms with van der Waals surface area (Å²) in [7, 11) is -3.84. The predicted octanol–water partition coefficient (Wildman–Crippen LogP) is 1.15. The second kappa shape index (κ2) is 6.33. The van der Waals surface area contributed by atoms with Gasteiger partial charge >= 0.3 is 0 Å². The van der Waals surface area contributed by atoms with Crippen molar-refractivity contribution in [1.29, 1.82) is 0 Å². The van der Waals surface area contributed by atoms with Gasteiger partial charge in [-0.2, -0.15) is 4.31 Å². The van der Waals surface area contributed by atoms with Crippen molar-refractivity contribution in [2.24, 2.45) is 0 Å². The molecule has 128 valence electrons. The van der Waals surface area contributed by atoms with Crippen molar-refractivity contribution in [3.05, 3.63) is 46.5 Å². The molecule has 0 bridgehead atoms. The Labute approximate surface area is 139 Å². The third-order valence-electron chi connectivity index (χ3n) is 4.33. The molecule has 1 aromatic carbocycles. The Morgan fingerprint density at radius 1 is 1.08 bits per heavy atom. The zero-order chi connectivity index (χ0) is 17.3. The van der Waals surface area contributed by atoms with Crippen LogP contribution in [0.5, 0.6) is 0 Å². The standard InChI is InChI=1S/C15H17N3O5S/c19-15-11-16(9-10-17(15)12-3-1-2-4-12)24(22,23)14-7-5-13(6-8-14)18(20)21/h1-2,5-8,12H,3-4,9-11H2. The minimum Gasteiger partial charge on any atom is -0.337 e. The molecule has 2 aliphatic rings. The molecule has 0 aromatic heterocycles. The summed E-state index contributed by atoms with van der Waals surface area (Å²) in [4.78, 5) is 24.1. The van der Waals surface area contributed by atoms with Gasteiger partial charge in [0.25, 0.3) is 5.69 Å². The Morgan fingerprint density at radius 3 is 2.25 bits per heavy atom. The van der Waals surface area contributed by atoms with Gasteiger partial charge in [0.05, 0.1) is 16.4 Å². The van der Waals surface area contributed by atoms with Gasteiger partial charge in [-0.05, 0) is 25.0 Å². The Balaban J connectivity index is 1.74. The van der Waals surface area contributed by atoms with Crippen LogP contribution in [-0.4, -0.2) is 54.1 Å². The number of nitro groups is 1. The fourth-order valence-corrected chi connectivity index (χ4v) is 4.38. The highest BCUT2D eigenvalue weighted by Gasteiger charge is 2.35. The molecule has 1 aromatic rings. The lowest BCUT2D eigenvalue weighted by molar-refractivity contribution is -0.384. The van der Waals surface area contributed by atoms with Crippen LogP contribution < -0.4 is 0 Å². The van der Waals surface area contributed by atoms with Gasteiger partial charge in [-0.1, -0.05) is 12.2 Å². The van der Waals surface area contributed by atoms with E-state index in [0.717, 1.165) is 29.3 Å². The normalized spacial score (nSPS) is 19.8.